The van der Waals surface area contributed by atoms with Crippen molar-refractivity contribution < 1.29 is 18.9 Å². The molecule has 0 spiro atoms. The maximum absolute atomic E-state index is 5.40. The number of hydrogen-bond acceptors (Lipinski definition) is 6. The van der Waals surface area contributed by atoms with Gasteiger partial charge in [-0.05, 0) is 106 Å². The first-order chi connectivity index (χ1) is 26.6. The second kappa shape index (κ2) is 18.5. The van der Waals surface area contributed by atoms with Gasteiger partial charge in [-0.15, -0.1) is 0 Å². The Kier molecular flexibility index (Phi) is 12.7. The lowest BCUT2D eigenvalue weighted by Crippen LogP contribution is -2.10. The molecule has 0 atom stereocenters. The van der Waals surface area contributed by atoms with Crippen LogP contribution in [0.3, 0.4) is 0 Å². The summed E-state index contributed by atoms with van der Waals surface area (Å²) < 4.78 is 21.6. The molecule has 0 saturated carbocycles. The van der Waals surface area contributed by atoms with Gasteiger partial charge in [0.1, 0.15) is 26.4 Å². The van der Waals surface area contributed by atoms with Gasteiger partial charge in [0, 0.05) is 34.1 Å². The minimum Gasteiger partial charge on any atom is -0.497 e. The second-order valence-corrected chi connectivity index (χ2v) is 12.3. The summed E-state index contributed by atoms with van der Waals surface area (Å²) in [6, 6.07) is 50.8. The Morgan fingerprint density at radius 2 is 0.481 bits per heavy atom. The van der Waals surface area contributed by atoms with E-state index in [0.717, 1.165) is 67.5 Å². The topological polar surface area (TPSA) is 43.4 Å². The van der Waals surface area contributed by atoms with Crippen LogP contribution in [0.4, 0.5) is 34.1 Å². The van der Waals surface area contributed by atoms with Gasteiger partial charge in [-0.2, -0.15) is 0 Å². The molecular formula is C48H44N2O4. The van der Waals surface area contributed by atoms with Crippen LogP contribution in [-0.2, 0) is 45.4 Å². The third-order valence-electron chi connectivity index (χ3n) is 8.83. The monoisotopic (exact) mass is 712 g/mol. The zero-order chi connectivity index (χ0) is 37.5. The first-order valence-corrected chi connectivity index (χ1v) is 17.7. The number of benzene rings is 6. The molecule has 0 heterocycles. The Balaban J connectivity index is 1.28. The largest absolute Gasteiger partial charge is 0.497 e. The standard InChI is InChI=1S/C48H44N2O4/c1-5-51-33-37-9-21-43(22-10-37)49(44-23-11-38(12-24-44)34-52-6-2)47-29-17-41(18-30-47)42-19-31-48(32-20-42)50(45-25-13-39(14-26-45)35-53-7-3)46-27-15-40(16-28-46)36-54-8-4/h5-32H,1-4,33-36H2. The van der Waals surface area contributed by atoms with Crippen molar-refractivity contribution >= 4 is 34.1 Å². The highest BCUT2D eigenvalue weighted by Crippen LogP contribution is 2.38. The van der Waals surface area contributed by atoms with Crippen molar-refractivity contribution in [1.29, 1.82) is 0 Å². The van der Waals surface area contributed by atoms with E-state index in [1.807, 2.05) is 0 Å². The molecule has 0 N–H and O–H groups in total. The summed E-state index contributed by atoms with van der Waals surface area (Å²) in [7, 11) is 0. The molecule has 0 aliphatic heterocycles. The number of hydrogen-bond donors (Lipinski definition) is 0. The van der Waals surface area contributed by atoms with Crippen LogP contribution >= 0.6 is 0 Å². The Morgan fingerprint density at radius 3 is 0.667 bits per heavy atom. The highest BCUT2D eigenvalue weighted by Gasteiger charge is 2.15. The van der Waals surface area contributed by atoms with E-state index in [4.69, 9.17) is 18.9 Å². The summed E-state index contributed by atoms with van der Waals surface area (Å²) >= 11 is 0. The van der Waals surface area contributed by atoms with Crippen molar-refractivity contribution in [3.63, 3.8) is 0 Å². The van der Waals surface area contributed by atoms with Gasteiger partial charge >= 0.3 is 0 Å². The van der Waals surface area contributed by atoms with Crippen molar-refractivity contribution in [2.45, 2.75) is 26.4 Å². The van der Waals surface area contributed by atoms with Crippen LogP contribution in [0.25, 0.3) is 11.1 Å². The first-order valence-electron chi connectivity index (χ1n) is 17.7. The molecule has 0 aliphatic rings. The Morgan fingerprint density at radius 1 is 0.296 bits per heavy atom. The Hall–Kier alpha value is -6.92. The van der Waals surface area contributed by atoms with E-state index < -0.39 is 0 Å². The lowest BCUT2D eigenvalue weighted by molar-refractivity contribution is 0.237. The molecule has 0 fully saturated rings. The van der Waals surface area contributed by atoms with E-state index >= 15 is 0 Å². The average molecular weight is 713 g/mol. The van der Waals surface area contributed by atoms with Crippen LogP contribution in [0.1, 0.15) is 22.3 Å². The van der Waals surface area contributed by atoms with E-state index in [2.05, 4.69) is 182 Å². The van der Waals surface area contributed by atoms with Crippen molar-refractivity contribution in [2.24, 2.45) is 0 Å². The van der Waals surface area contributed by atoms with Gasteiger partial charge in [-0.25, -0.2) is 0 Å². The van der Waals surface area contributed by atoms with Gasteiger partial charge in [0.25, 0.3) is 0 Å². The zero-order valence-corrected chi connectivity index (χ0v) is 30.4. The maximum Gasteiger partial charge on any atom is 0.112 e. The average Bonchev–Trinajstić information content (AvgIpc) is 3.23. The summed E-state index contributed by atoms with van der Waals surface area (Å²) in [6.45, 7) is 16.5. The molecule has 54 heavy (non-hydrogen) atoms. The predicted octanol–water partition coefficient (Wildman–Crippen LogP) is 12.9. The fraction of sp³-hybridized carbons (Fsp3) is 0.0833. The lowest BCUT2D eigenvalue weighted by atomic mass is 10.0. The van der Waals surface area contributed by atoms with Crippen LogP contribution in [0.5, 0.6) is 0 Å². The molecule has 0 radical (unpaired) electrons. The normalized spacial score (nSPS) is 10.4. The zero-order valence-electron chi connectivity index (χ0n) is 30.4. The molecule has 6 heteroatoms. The minimum absolute atomic E-state index is 0.475. The number of anilines is 6. The fourth-order valence-electron chi connectivity index (χ4n) is 6.09. The van der Waals surface area contributed by atoms with Crippen molar-refractivity contribution in [3.8, 4) is 11.1 Å². The maximum atomic E-state index is 5.40. The molecule has 0 aliphatic carbocycles. The fourth-order valence-corrected chi connectivity index (χ4v) is 6.09. The smallest absolute Gasteiger partial charge is 0.112 e. The molecule has 270 valence electrons. The summed E-state index contributed by atoms with van der Waals surface area (Å²) in [6.07, 6.45) is 5.85. The van der Waals surface area contributed by atoms with Crippen LogP contribution in [-0.4, -0.2) is 0 Å². The van der Waals surface area contributed by atoms with E-state index in [9.17, 15) is 0 Å². The third-order valence-corrected chi connectivity index (χ3v) is 8.83. The van der Waals surface area contributed by atoms with Crippen LogP contribution in [0, 0.1) is 0 Å². The number of rotatable bonds is 19. The summed E-state index contributed by atoms with van der Waals surface area (Å²) in [5.41, 5.74) is 12.7. The van der Waals surface area contributed by atoms with Gasteiger partial charge in [-0.3, -0.25) is 0 Å². The van der Waals surface area contributed by atoms with Gasteiger partial charge in [0.2, 0.25) is 0 Å². The van der Waals surface area contributed by atoms with E-state index in [1.165, 1.54) is 25.0 Å². The molecule has 6 aromatic carbocycles. The van der Waals surface area contributed by atoms with Gasteiger partial charge in [0.05, 0.1) is 25.0 Å². The third kappa shape index (κ3) is 9.29. The van der Waals surface area contributed by atoms with Crippen molar-refractivity contribution in [1.82, 2.24) is 0 Å². The highest BCUT2D eigenvalue weighted by molar-refractivity contribution is 5.81. The summed E-state index contributed by atoms with van der Waals surface area (Å²) in [4.78, 5) is 4.48. The van der Waals surface area contributed by atoms with E-state index in [1.54, 1.807) is 0 Å². The lowest BCUT2D eigenvalue weighted by Gasteiger charge is -2.26. The van der Waals surface area contributed by atoms with Gasteiger partial charge in [-0.1, -0.05) is 99.1 Å². The van der Waals surface area contributed by atoms with Crippen LogP contribution in [0.2, 0.25) is 0 Å². The highest BCUT2D eigenvalue weighted by atomic mass is 16.5. The molecular weight excluding hydrogens is 669 g/mol. The van der Waals surface area contributed by atoms with E-state index in [-0.39, 0.29) is 0 Å². The van der Waals surface area contributed by atoms with Gasteiger partial charge < -0.3 is 28.7 Å². The summed E-state index contributed by atoms with van der Waals surface area (Å²) in [5.74, 6) is 0. The predicted molar refractivity (Wildman–Crippen MR) is 221 cm³/mol. The molecule has 0 aromatic heterocycles. The molecule has 6 aromatic rings. The quantitative estimate of drug-likeness (QED) is 0.0779. The molecule has 0 amide bonds. The SMILES string of the molecule is C=COCc1ccc(N(c2ccc(COC=C)cc2)c2ccc(-c3ccc(N(c4ccc(COC=C)cc4)c4ccc(COC=C)cc4)cc3)cc2)cc1. The Labute approximate surface area is 318 Å². The second-order valence-electron chi connectivity index (χ2n) is 12.3. The molecule has 0 saturated heterocycles. The number of nitrogens with zero attached hydrogens (tertiary/aromatic N) is 2. The summed E-state index contributed by atoms with van der Waals surface area (Å²) in [5, 5.41) is 0. The first kappa shape index (κ1) is 36.9. The Bertz CT molecular complexity index is 1840. The van der Waals surface area contributed by atoms with Crippen LogP contribution < -0.4 is 9.80 Å². The van der Waals surface area contributed by atoms with Gasteiger partial charge in [0.15, 0.2) is 0 Å². The molecule has 0 bridgehead atoms. The van der Waals surface area contributed by atoms with Crippen molar-refractivity contribution in [3.05, 3.63) is 219 Å². The molecule has 6 nitrogen and oxygen atoms in total. The molecule has 6 rings (SSSR count). The van der Waals surface area contributed by atoms with Crippen LogP contribution in [0.15, 0.2) is 197 Å². The molecule has 0 unspecified atom stereocenters. The minimum atomic E-state index is 0.475. The van der Waals surface area contributed by atoms with E-state index in [0.29, 0.717) is 26.4 Å². The number of ether oxygens (including phenoxy) is 4. The van der Waals surface area contributed by atoms with Crippen molar-refractivity contribution in [2.75, 3.05) is 9.80 Å².